The van der Waals surface area contributed by atoms with Crippen LogP contribution in [0, 0.1) is 11.3 Å². The Balaban J connectivity index is 1.38. The topological polar surface area (TPSA) is 115 Å². The Labute approximate surface area is 274 Å². The fraction of sp³-hybridized carbons (Fsp3) is 0.135. The maximum atomic E-state index is 14.1. The van der Waals surface area contributed by atoms with Gasteiger partial charge in [0.1, 0.15) is 12.4 Å². The Hall–Kier alpha value is -5.92. The number of benzene rings is 4. The second-order valence-electron chi connectivity index (χ2n) is 10.6. The van der Waals surface area contributed by atoms with Crippen molar-refractivity contribution in [3.8, 4) is 23.3 Å². The van der Waals surface area contributed by atoms with Gasteiger partial charge in [0.05, 0.1) is 47.7 Å². The minimum absolute atomic E-state index is 0.197. The van der Waals surface area contributed by atoms with E-state index in [9.17, 15) is 14.9 Å². The number of rotatable bonds is 9. The van der Waals surface area contributed by atoms with Gasteiger partial charge in [0.15, 0.2) is 16.3 Å². The summed E-state index contributed by atoms with van der Waals surface area (Å²) in [6.07, 6.45) is 1.77. The number of nitriles is 1. The number of carbonyl (C=O) groups is 1. The van der Waals surface area contributed by atoms with Crippen molar-refractivity contribution in [1.29, 1.82) is 5.26 Å². The molecule has 0 radical (unpaired) electrons. The molecule has 47 heavy (non-hydrogen) atoms. The first-order valence-electron chi connectivity index (χ1n) is 14.7. The molecule has 1 aliphatic rings. The van der Waals surface area contributed by atoms with Crippen LogP contribution in [-0.4, -0.2) is 24.7 Å². The molecule has 0 spiro atoms. The second-order valence-corrected chi connectivity index (χ2v) is 11.7. The van der Waals surface area contributed by atoms with E-state index in [0.717, 1.165) is 16.7 Å². The number of nitrogens with one attached hydrogen (secondary N) is 1. The Kier molecular flexibility index (Phi) is 9.00. The number of allylic oxidation sites excluding steroid dienone is 1. The molecule has 4 aromatic carbocycles. The van der Waals surface area contributed by atoms with E-state index in [1.54, 1.807) is 62.1 Å². The van der Waals surface area contributed by atoms with Crippen LogP contribution in [0.25, 0.3) is 6.08 Å². The van der Waals surface area contributed by atoms with Gasteiger partial charge in [0, 0.05) is 11.3 Å². The van der Waals surface area contributed by atoms with Gasteiger partial charge < -0.3 is 19.5 Å². The average Bonchev–Trinajstić information content (AvgIpc) is 3.40. The number of anilines is 1. The van der Waals surface area contributed by atoms with Gasteiger partial charge >= 0.3 is 0 Å². The SMILES string of the molecule is COc1ccc([C@@H]2C(C(=O)Nc3ccccc3)=C(C)N=c3s/c(=C/c4ccc(OCc5ccccc5C#N)c(OC)c4)c(=O)n32)cc1. The van der Waals surface area contributed by atoms with E-state index in [1.165, 1.54) is 11.3 Å². The Bertz CT molecular complexity index is 2210. The molecular weight excluding hydrogens is 612 g/mol. The number of carbonyl (C=O) groups excluding carboxylic acids is 1. The molecule has 1 aliphatic heterocycles. The van der Waals surface area contributed by atoms with Crippen LogP contribution in [0.2, 0.25) is 0 Å². The fourth-order valence-corrected chi connectivity index (χ4v) is 6.44. The van der Waals surface area contributed by atoms with Gasteiger partial charge in [-0.05, 0) is 66.6 Å². The summed E-state index contributed by atoms with van der Waals surface area (Å²) in [5, 5.41) is 12.4. The minimum atomic E-state index is -0.718. The van der Waals surface area contributed by atoms with Crippen molar-refractivity contribution in [2.24, 2.45) is 4.99 Å². The van der Waals surface area contributed by atoms with Crippen molar-refractivity contribution in [1.82, 2.24) is 4.57 Å². The van der Waals surface area contributed by atoms with E-state index < -0.39 is 6.04 Å². The highest BCUT2D eigenvalue weighted by Gasteiger charge is 2.32. The maximum absolute atomic E-state index is 14.1. The lowest BCUT2D eigenvalue weighted by molar-refractivity contribution is -0.113. The van der Waals surface area contributed by atoms with Crippen LogP contribution >= 0.6 is 11.3 Å². The van der Waals surface area contributed by atoms with Crippen molar-refractivity contribution >= 4 is 29.0 Å². The van der Waals surface area contributed by atoms with E-state index in [4.69, 9.17) is 19.2 Å². The summed E-state index contributed by atoms with van der Waals surface area (Å²) in [5.74, 6) is 1.30. The fourth-order valence-electron chi connectivity index (χ4n) is 5.39. The molecule has 0 bridgehead atoms. The molecule has 0 aliphatic carbocycles. The molecule has 10 heteroatoms. The first kappa shape index (κ1) is 31.1. The molecule has 0 fully saturated rings. The standard InChI is InChI=1S/C37H30N4O5S/c1-23-33(35(42)40-28-11-5-4-6-12-28)34(25-14-16-29(44-2)17-15-25)41-36(43)32(47-37(41)39-23)20-24-13-18-30(31(19-24)45-3)46-22-27-10-8-7-9-26(27)21-38/h4-20,34H,22H2,1-3H3,(H,40,42)/b32-20+/t34-/m1/s1. The monoisotopic (exact) mass is 642 g/mol. The zero-order chi connectivity index (χ0) is 32.9. The van der Waals surface area contributed by atoms with Crippen LogP contribution < -0.4 is 34.4 Å². The predicted octanol–water partition coefficient (Wildman–Crippen LogP) is 5.34. The summed E-state index contributed by atoms with van der Waals surface area (Å²) in [6, 6.07) is 30.6. The van der Waals surface area contributed by atoms with Crippen molar-refractivity contribution in [2.45, 2.75) is 19.6 Å². The summed E-state index contributed by atoms with van der Waals surface area (Å²) in [6.45, 7) is 1.98. The molecule has 5 aromatic rings. The van der Waals surface area contributed by atoms with Gasteiger partial charge in [-0.1, -0.05) is 65.9 Å². The van der Waals surface area contributed by atoms with Crippen molar-refractivity contribution in [2.75, 3.05) is 19.5 Å². The Morgan fingerprint density at radius 1 is 0.979 bits per heavy atom. The second kappa shape index (κ2) is 13.6. The van der Waals surface area contributed by atoms with Gasteiger partial charge in [-0.15, -0.1) is 0 Å². The molecule has 1 amide bonds. The zero-order valence-electron chi connectivity index (χ0n) is 25.9. The number of amides is 1. The van der Waals surface area contributed by atoms with E-state index in [1.807, 2.05) is 66.7 Å². The van der Waals surface area contributed by atoms with Crippen molar-refractivity contribution in [3.63, 3.8) is 0 Å². The molecule has 1 aromatic heterocycles. The molecule has 0 saturated carbocycles. The smallest absolute Gasteiger partial charge is 0.271 e. The molecule has 0 saturated heterocycles. The quantitative estimate of drug-likeness (QED) is 0.232. The number of methoxy groups -OCH3 is 2. The number of aromatic nitrogens is 1. The minimum Gasteiger partial charge on any atom is -0.497 e. The highest BCUT2D eigenvalue weighted by Crippen LogP contribution is 2.32. The van der Waals surface area contributed by atoms with E-state index in [0.29, 0.717) is 49.1 Å². The van der Waals surface area contributed by atoms with Crippen LogP contribution in [0.15, 0.2) is 118 Å². The molecular formula is C37H30N4O5S. The van der Waals surface area contributed by atoms with Crippen molar-refractivity contribution < 1.29 is 19.0 Å². The number of ether oxygens (including phenoxy) is 3. The van der Waals surface area contributed by atoms with Crippen LogP contribution in [-0.2, 0) is 11.4 Å². The third kappa shape index (κ3) is 6.43. The zero-order valence-corrected chi connectivity index (χ0v) is 26.7. The maximum Gasteiger partial charge on any atom is 0.271 e. The number of hydrogen-bond donors (Lipinski definition) is 1. The van der Waals surface area contributed by atoms with Crippen molar-refractivity contribution in [3.05, 3.63) is 150 Å². The molecule has 9 nitrogen and oxygen atoms in total. The summed E-state index contributed by atoms with van der Waals surface area (Å²) < 4.78 is 19.0. The number of thiazole rings is 1. The van der Waals surface area contributed by atoms with E-state index >= 15 is 0 Å². The number of nitrogens with zero attached hydrogens (tertiary/aromatic N) is 3. The van der Waals surface area contributed by atoms with Gasteiger partial charge in [0.2, 0.25) is 0 Å². The summed E-state index contributed by atoms with van der Waals surface area (Å²) in [7, 11) is 3.13. The Morgan fingerprint density at radius 3 is 2.45 bits per heavy atom. The molecule has 1 atom stereocenters. The summed E-state index contributed by atoms with van der Waals surface area (Å²) in [4.78, 5) is 33.1. The predicted molar refractivity (Wildman–Crippen MR) is 180 cm³/mol. The highest BCUT2D eigenvalue weighted by molar-refractivity contribution is 7.07. The van der Waals surface area contributed by atoms with Gasteiger partial charge in [-0.2, -0.15) is 5.26 Å². The summed E-state index contributed by atoms with van der Waals surface area (Å²) >= 11 is 1.25. The molecule has 1 N–H and O–H groups in total. The normalized spacial score (nSPS) is 14.1. The number of hydrogen-bond acceptors (Lipinski definition) is 8. The lowest BCUT2D eigenvalue weighted by Crippen LogP contribution is -2.40. The third-order valence-corrected chi connectivity index (χ3v) is 8.72. The molecule has 234 valence electrons. The van der Waals surface area contributed by atoms with E-state index in [-0.39, 0.29) is 18.1 Å². The van der Waals surface area contributed by atoms with Crippen LogP contribution in [0.3, 0.4) is 0 Å². The molecule has 6 rings (SSSR count). The van der Waals surface area contributed by atoms with E-state index in [2.05, 4.69) is 11.4 Å². The van der Waals surface area contributed by atoms with Crippen LogP contribution in [0.5, 0.6) is 17.2 Å². The van der Waals surface area contributed by atoms with Gasteiger partial charge in [-0.3, -0.25) is 14.2 Å². The van der Waals surface area contributed by atoms with Gasteiger partial charge in [0.25, 0.3) is 11.5 Å². The highest BCUT2D eigenvalue weighted by atomic mass is 32.1. The summed E-state index contributed by atoms with van der Waals surface area (Å²) in [5.41, 5.74) is 4.03. The van der Waals surface area contributed by atoms with Gasteiger partial charge in [-0.25, -0.2) is 4.99 Å². The molecule has 0 unspecified atom stereocenters. The average molecular weight is 643 g/mol. The largest absolute Gasteiger partial charge is 0.497 e. The Morgan fingerprint density at radius 2 is 1.72 bits per heavy atom. The number of fused-ring (bicyclic) bond motifs is 1. The third-order valence-electron chi connectivity index (χ3n) is 7.74. The molecule has 2 heterocycles. The van der Waals surface area contributed by atoms with Crippen LogP contribution in [0.1, 0.15) is 35.2 Å². The lowest BCUT2D eigenvalue weighted by Gasteiger charge is -2.25. The van der Waals surface area contributed by atoms with Crippen LogP contribution in [0.4, 0.5) is 5.69 Å². The lowest BCUT2D eigenvalue weighted by atomic mass is 9.95. The first-order chi connectivity index (χ1) is 22.9. The number of para-hydroxylation sites is 1. The first-order valence-corrected chi connectivity index (χ1v) is 15.5.